The fourth-order valence-corrected chi connectivity index (χ4v) is 1.75. The van der Waals surface area contributed by atoms with Gasteiger partial charge in [0.05, 0.1) is 18.7 Å². The Morgan fingerprint density at radius 2 is 2.46 bits per heavy atom. The highest BCUT2D eigenvalue weighted by Crippen LogP contribution is 2.17. The van der Waals surface area contributed by atoms with E-state index < -0.39 is 6.04 Å². The molecule has 1 heterocycles. The summed E-state index contributed by atoms with van der Waals surface area (Å²) in [6.45, 7) is 3.18. The number of ether oxygens (including phenoxy) is 1. The molecule has 2 N–H and O–H groups in total. The Hall–Kier alpha value is -0.610. The van der Waals surface area contributed by atoms with Crippen LogP contribution in [0.4, 0.5) is 0 Å². The lowest BCUT2D eigenvalue weighted by atomic mass is 10.2. The lowest BCUT2D eigenvalue weighted by Crippen LogP contribution is -2.45. The van der Waals surface area contributed by atoms with Crippen LogP contribution in [0, 0.1) is 0 Å². The predicted octanol–water partition coefficient (Wildman–Crippen LogP) is -0.0290. The lowest BCUT2D eigenvalue weighted by Gasteiger charge is -2.25. The van der Waals surface area contributed by atoms with Gasteiger partial charge in [0, 0.05) is 13.7 Å². The van der Waals surface area contributed by atoms with Crippen LogP contribution in [-0.2, 0) is 9.53 Å². The monoisotopic (exact) mass is 186 g/mol. The Balaban J connectivity index is 2.52. The molecule has 0 spiro atoms. The topological polar surface area (TPSA) is 55.6 Å². The zero-order chi connectivity index (χ0) is 9.84. The largest absolute Gasteiger partial charge is 0.383 e. The molecule has 0 aromatic heterocycles. The molecule has 0 saturated carbocycles. The smallest absolute Gasteiger partial charge is 0.239 e. The van der Waals surface area contributed by atoms with Gasteiger partial charge in [-0.1, -0.05) is 0 Å². The second-order valence-electron chi connectivity index (χ2n) is 3.57. The summed E-state index contributed by atoms with van der Waals surface area (Å²) in [4.78, 5) is 13.4. The molecule has 2 atom stereocenters. The quantitative estimate of drug-likeness (QED) is 0.673. The van der Waals surface area contributed by atoms with E-state index in [1.807, 2.05) is 4.90 Å². The van der Waals surface area contributed by atoms with Gasteiger partial charge in [-0.15, -0.1) is 0 Å². The van der Waals surface area contributed by atoms with E-state index in [-0.39, 0.29) is 11.9 Å². The summed E-state index contributed by atoms with van der Waals surface area (Å²) >= 11 is 0. The molecule has 13 heavy (non-hydrogen) atoms. The number of hydrogen-bond acceptors (Lipinski definition) is 3. The summed E-state index contributed by atoms with van der Waals surface area (Å²) in [5.41, 5.74) is 5.54. The molecular formula is C9H18N2O2. The van der Waals surface area contributed by atoms with Crippen LogP contribution in [-0.4, -0.2) is 43.2 Å². The van der Waals surface area contributed by atoms with Gasteiger partial charge in [-0.25, -0.2) is 0 Å². The third kappa shape index (κ3) is 2.42. The first-order valence-electron chi connectivity index (χ1n) is 4.71. The predicted molar refractivity (Wildman–Crippen MR) is 50.3 cm³/mol. The first kappa shape index (κ1) is 10.5. The molecule has 0 bridgehead atoms. The minimum atomic E-state index is -0.391. The second-order valence-corrected chi connectivity index (χ2v) is 3.57. The van der Waals surface area contributed by atoms with Gasteiger partial charge in [0.2, 0.25) is 5.91 Å². The maximum Gasteiger partial charge on any atom is 0.239 e. The van der Waals surface area contributed by atoms with E-state index in [2.05, 4.69) is 0 Å². The molecular weight excluding hydrogens is 168 g/mol. The summed E-state index contributed by atoms with van der Waals surface area (Å²) < 4.78 is 5.05. The summed E-state index contributed by atoms with van der Waals surface area (Å²) in [7, 11) is 1.66. The Morgan fingerprint density at radius 1 is 1.77 bits per heavy atom. The second kappa shape index (κ2) is 4.58. The van der Waals surface area contributed by atoms with Gasteiger partial charge >= 0.3 is 0 Å². The van der Waals surface area contributed by atoms with Gasteiger partial charge in [-0.3, -0.25) is 4.79 Å². The molecule has 1 saturated heterocycles. The molecule has 4 heteroatoms. The number of carbonyl (C=O) groups is 1. The number of carbonyl (C=O) groups excluding carboxylic acids is 1. The number of likely N-dealkylation sites (tertiary alicyclic amines) is 1. The van der Waals surface area contributed by atoms with Crippen molar-refractivity contribution in [2.24, 2.45) is 5.73 Å². The number of rotatable bonds is 3. The standard InChI is InChI=1S/C9H18N2O2/c1-7(10)9(12)11-5-3-4-8(11)6-13-2/h7-8H,3-6,10H2,1-2H3/t7-,8-/m0/s1. The summed E-state index contributed by atoms with van der Waals surface area (Å²) in [6, 6.07) is -0.152. The number of nitrogens with zero attached hydrogens (tertiary/aromatic N) is 1. The van der Waals surface area contributed by atoms with Crippen LogP contribution < -0.4 is 5.73 Å². The maximum absolute atomic E-state index is 11.6. The molecule has 76 valence electrons. The van der Waals surface area contributed by atoms with Crippen molar-refractivity contribution in [3.8, 4) is 0 Å². The van der Waals surface area contributed by atoms with E-state index in [1.54, 1.807) is 14.0 Å². The van der Waals surface area contributed by atoms with Crippen LogP contribution in [0.2, 0.25) is 0 Å². The van der Waals surface area contributed by atoms with Crippen molar-refractivity contribution >= 4 is 5.91 Å². The molecule has 0 radical (unpaired) electrons. The van der Waals surface area contributed by atoms with Crippen LogP contribution in [0.15, 0.2) is 0 Å². The zero-order valence-electron chi connectivity index (χ0n) is 8.32. The SMILES string of the molecule is COC[C@@H]1CCCN1C(=O)[C@H](C)N. The maximum atomic E-state index is 11.6. The fraction of sp³-hybridized carbons (Fsp3) is 0.889. The van der Waals surface area contributed by atoms with E-state index in [4.69, 9.17) is 10.5 Å². The van der Waals surface area contributed by atoms with E-state index in [0.29, 0.717) is 6.61 Å². The molecule has 0 aromatic rings. The molecule has 0 aromatic carbocycles. The van der Waals surface area contributed by atoms with Crippen molar-refractivity contribution in [2.45, 2.75) is 31.8 Å². The Morgan fingerprint density at radius 3 is 3.00 bits per heavy atom. The third-order valence-electron chi connectivity index (χ3n) is 2.41. The molecule has 0 aliphatic carbocycles. The first-order valence-corrected chi connectivity index (χ1v) is 4.71. The molecule has 1 fully saturated rings. The van der Waals surface area contributed by atoms with E-state index >= 15 is 0 Å². The number of methoxy groups -OCH3 is 1. The Labute approximate surface area is 79.0 Å². The van der Waals surface area contributed by atoms with Crippen LogP contribution in [0.1, 0.15) is 19.8 Å². The van der Waals surface area contributed by atoms with E-state index in [0.717, 1.165) is 19.4 Å². The zero-order valence-corrected chi connectivity index (χ0v) is 8.32. The van der Waals surface area contributed by atoms with Crippen molar-refractivity contribution in [3.63, 3.8) is 0 Å². The highest BCUT2D eigenvalue weighted by atomic mass is 16.5. The molecule has 0 unspecified atom stereocenters. The highest BCUT2D eigenvalue weighted by Gasteiger charge is 2.29. The number of hydrogen-bond donors (Lipinski definition) is 1. The van der Waals surface area contributed by atoms with Crippen molar-refractivity contribution in [1.82, 2.24) is 4.90 Å². The summed E-state index contributed by atoms with van der Waals surface area (Å²) in [5.74, 6) is 0.0413. The third-order valence-corrected chi connectivity index (χ3v) is 2.41. The van der Waals surface area contributed by atoms with Crippen LogP contribution >= 0.6 is 0 Å². The van der Waals surface area contributed by atoms with Crippen molar-refractivity contribution in [1.29, 1.82) is 0 Å². The fourth-order valence-electron chi connectivity index (χ4n) is 1.75. The summed E-state index contributed by atoms with van der Waals surface area (Å²) in [5, 5.41) is 0. The Bertz CT molecular complexity index is 182. The molecule has 1 aliphatic heterocycles. The van der Waals surface area contributed by atoms with Crippen molar-refractivity contribution in [3.05, 3.63) is 0 Å². The number of amides is 1. The van der Waals surface area contributed by atoms with E-state index in [9.17, 15) is 4.79 Å². The van der Waals surface area contributed by atoms with Crippen LogP contribution in [0.3, 0.4) is 0 Å². The normalized spacial score (nSPS) is 24.8. The van der Waals surface area contributed by atoms with Crippen LogP contribution in [0.5, 0.6) is 0 Å². The van der Waals surface area contributed by atoms with Gasteiger partial charge in [0.1, 0.15) is 0 Å². The first-order chi connectivity index (χ1) is 6.16. The van der Waals surface area contributed by atoms with Crippen LogP contribution in [0.25, 0.3) is 0 Å². The summed E-state index contributed by atoms with van der Waals surface area (Å²) in [6.07, 6.45) is 2.10. The molecule has 1 amide bonds. The van der Waals surface area contributed by atoms with Gasteiger partial charge in [-0.2, -0.15) is 0 Å². The lowest BCUT2D eigenvalue weighted by molar-refractivity contribution is -0.133. The van der Waals surface area contributed by atoms with E-state index in [1.165, 1.54) is 0 Å². The molecule has 1 aliphatic rings. The Kier molecular flexibility index (Phi) is 3.69. The average Bonchev–Trinajstić information content (AvgIpc) is 2.52. The average molecular weight is 186 g/mol. The highest BCUT2D eigenvalue weighted by molar-refractivity contribution is 5.81. The van der Waals surface area contributed by atoms with Crippen molar-refractivity contribution in [2.75, 3.05) is 20.3 Å². The van der Waals surface area contributed by atoms with Gasteiger partial charge in [-0.05, 0) is 19.8 Å². The van der Waals surface area contributed by atoms with Crippen molar-refractivity contribution < 1.29 is 9.53 Å². The number of nitrogens with two attached hydrogens (primary N) is 1. The van der Waals surface area contributed by atoms with Gasteiger partial charge in [0.15, 0.2) is 0 Å². The minimum Gasteiger partial charge on any atom is -0.383 e. The molecule has 1 rings (SSSR count). The minimum absolute atomic E-state index is 0.0413. The van der Waals surface area contributed by atoms with Gasteiger partial charge in [0.25, 0.3) is 0 Å². The molecule has 4 nitrogen and oxygen atoms in total. The van der Waals surface area contributed by atoms with Gasteiger partial charge < -0.3 is 15.4 Å².